The van der Waals surface area contributed by atoms with E-state index in [9.17, 15) is 18.0 Å². The molecule has 0 radical (unpaired) electrons. The van der Waals surface area contributed by atoms with Crippen LogP contribution in [0.4, 0.5) is 11.4 Å². The Kier molecular flexibility index (Phi) is 7.37. The molecule has 2 aromatic rings. The predicted octanol–water partition coefficient (Wildman–Crippen LogP) is 1.88. The van der Waals surface area contributed by atoms with Gasteiger partial charge in [0.1, 0.15) is 12.3 Å². The second-order valence-corrected chi connectivity index (χ2v) is 9.35. The summed E-state index contributed by atoms with van der Waals surface area (Å²) in [6.07, 6.45) is 1.03. The van der Waals surface area contributed by atoms with E-state index in [1.807, 2.05) is 6.92 Å². The van der Waals surface area contributed by atoms with Crippen molar-refractivity contribution in [1.29, 1.82) is 0 Å². The first kappa shape index (κ1) is 23.6. The number of ether oxygens (including phenoxy) is 2. The van der Waals surface area contributed by atoms with Gasteiger partial charge in [0, 0.05) is 13.1 Å². The van der Waals surface area contributed by atoms with Gasteiger partial charge in [-0.3, -0.25) is 13.9 Å². The number of hydrogen-bond donors (Lipinski definition) is 1. The number of hydrogen-bond acceptors (Lipinski definition) is 6. The fourth-order valence-electron chi connectivity index (χ4n) is 3.41. The molecule has 2 amide bonds. The third-order valence-electron chi connectivity index (χ3n) is 5.02. The summed E-state index contributed by atoms with van der Waals surface area (Å²) in [5, 5.41) is 2.69. The minimum atomic E-state index is -3.79. The lowest BCUT2D eigenvalue weighted by Gasteiger charge is -2.28. The van der Waals surface area contributed by atoms with Crippen molar-refractivity contribution in [2.24, 2.45) is 0 Å². The smallest absolute Gasteiger partial charge is 0.256 e. The Bertz CT molecular complexity index is 1100. The number of anilines is 2. The van der Waals surface area contributed by atoms with Crippen LogP contribution in [0.1, 0.15) is 15.9 Å². The summed E-state index contributed by atoms with van der Waals surface area (Å²) >= 11 is 0. The molecule has 0 spiro atoms. The summed E-state index contributed by atoms with van der Waals surface area (Å²) in [6.45, 7) is 3.20. The number of nitrogens with zero attached hydrogens (tertiary/aromatic N) is 2. The number of rotatable bonds is 7. The Morgan fingerprint density at radius 3 is 2.50 bits per heavy atom. The second kappa shape index (κ2) is 10.0. The standard InChI is InChI=1S/C22H27N3O6S/c1-16-8-9-20(30-2)19(14-16)25(32(3,28)29)15-21(26)23-18-7-5-4-6-17(18)22(27)24-10-12-31-13-11-24/h4-9,14H,10-13,15H2,1-3H3,(H,23,26). The minimum Gasteiger partial charge on any atom is -0.495 e. The van der Waals surface area contributed by atoms with E-state index in [0.29, 0.717) is 43.3 Å². The van der Waals surface area contributed by atoms with Crippen LogP contribution in [0.5, 0.6) is 5.75 Å². The fraction of sp³-hybridized carbons (Fsp3) is 0.364. The first-order valence-corrected chi connectivity index (χ1v) is 11.9. The van der Waals surface area contributed by atoms with Crippen molar-refractivity contribution in [2.75, 3.05) is 55.8 Å². The van der Waals surface area contributed by atoms with E-state index in [4.69, 9.17) is 9.47 Å². The summed E-state index contributed by atoms with van der Waals surface area (Å²) in [5.74, 6) is -0.470. The zero-order valence-corrected chi connectivity index (χ0v) is 19.1. The van der Waals surface area contributed by atoms with Crippen molar-refractivity contribution in [2.45, 2.75) is 6.92 Å². The molecule has 10 heteroatoms. The lowest BCUT2D eigenvalue weighted by Crippen LogP contribution is -2.41. The van der Waals surface area contributed by atoms with Crippen LogP contribution >= 0.6 is 0 Å². The molecule has 1 aliphatic heterocycles. The van der Waals surface area contributed by atoms with Gasteiger partial charge >= 0.3 is 0 Å². The Hall–Kier alpha value is -3.11. The molecular weight excluding hydrogens is 434 g/mol. The van der Waals surface area contributed by atoms with Gasteiger partial charge in [-0.05, 0) is 36.8 Å². The molecule has 0 bridgehead atoms. The summed E-state index contributed by atoms with van der Waals surface area (Å²) < 4.78 is 36.6. The first-order valence-electron chi connectivity index (χ1n) is 10.1. The van der Waals surface area contributed by atoms with Crippen molar-refractivity contribution in [1.82, 2.24) is 4.90 Å². The largest absolute Gasteiger partial charge is 0.495 e. The molecule has 0 atom stereocenters. The maximum Gasteiger partial charge on any atom is 0.256 e. The van der Waals surface area contributed by atoms with Crippen molar-refractivity contribution in [3.05, 3.63) is 53.6 Å². The third-order valence-corrected chi connectivity index (χ3v) is 6.15. The van der Waals surface area contributed by atoms with E-state index < -0.39 is 22.5 Å². The Labute approximate surface area is 188 Å². The first-order chi connectivity index (χ1) is 15.2. The highest BCUT2D eigenvalue weighted by molar-refractivity contribution is 7.92. The molecule has 0 unspecified atom stereocenters. The van der Waals surface area contributed by atoms with Gasteiger partial charge in [-0.1, -0.05) is 18.2 Å². The summed E-state index contributed by atoms with van der Waals surface area (Å²) in [7, 11) is -2.36. The molecule has 0 saturated carbocycles. The molecule has 0 aromatic heterocycles. The number of morpholine rings is 1. The van der Waals surface area contributed by atoms with Crippen molar-refractivity contribution >= 4 is 33.2 Å². The second-order valence-electron chi connectivity index (χ2n) is 7.44. The highest BCUT2D eigenvalue weighted by Crippen LogP contribution is 2.31. The van der Waals surface area contributed by atoms with Crippen LogP contribution in [0.25, 0.3) is 0 Å². The average molecular weight is 462 g/mol. The molecule has 2 aromatic carbocycles. The Morgan fingerprint density at radius 1 is 1.16 bits per heavy atom. The summed E-state index contributed by atoms with van der Waals surface area (Å²) in [4.78, 5) is 27.5. The van der Waals surface area contributed by atoms with Crippen LogP contribution in [0, 0.1) is 6.92 Å². The molecule has 9 nitrogen and oxygen atoms in total. The number of aryl methyl sites for hydroxylation is 1. The molecule has 1 N–H and O–H groups in total. The Balaban J connectivity index is 1.84. The van der Waals surface area contributed by atoms with Crippen molar-refractivity contribution in [3.8, 4) is 5.75 Å². The van der Waals surface area contributed by atoms with Crippen LogP contribution < -0.4 is 14.4 Å². The normalized spacial score (nSPS) is 14.0. The molecule has 1 fully saturated rings. The van der Waals surface area contributed by atoms with E-state index >= 15 is 0 Å². The number of carbonyl (C=O) groups excluding carboxylic acids is 2. The molecule has 172 valence electrons. The van der Waals surface area contributed by atoms with Gasteiger partial charge in [-0.15, -0.1) is 0 Å². The molecule has 0 aliphatic carbocycles. The highest BCUT2D eigenvalue weighted by atomic mass is 32.2. The Morgan fingerprint density at radius 2 is 1.84 bits per heavy atom. The number of benzene rings is 2. The molecule has 1 saturated heterocycles. The van der Waals surface area contributed by atoms with E-state index in [-0.39, 0.29) is 11.6 Å². The van der Waals surface area contributed by atoms with Gasteiger partial charge < -0.3 is 19.7 Å². The lowest BCUT2D eigenvalue weighted by atomic mass is 10.1. The lowest BCUT2D eigenvalue weighted by molar-refractivity contribution is -0.114. The minimum absolute atomic E-state index is 0.218. The van der Waals surface area contributed by atoms with E-state index in [1.54, 1.807) is 47.4 Å². The highest BCUT2D eigenvalue weighted by Gasteiger charge is 2.26. The van der Waals surface area contributed by atoms with Crippen molar-refractivity contribution in [3.63, 3.8) is 0 Å². The predicted molar refractivity (Wildman–Crippen MR) is 122 cm³/mol. The van der Waals surface area contributed by atoms with E-state index in [0.717, 1.165) is 16.1 Å². The van der Waals surface area contributed by atoms with Gasteiger partial charge in [0.05, 0.1) is 43.5 Å². The SMILES string of the molecule is COc1ccc(C)cc1N(CC(=O)Nc1ccccc1C(=O)N1CCOCC1)S(C)(=O)=O. The number of nitrogens with one attached hydrogen (secondary N) is 1. The summed E-state index contributed by atoms with van der Waals surface area (Å²) in [6, 6.07) is 11.7. The third kappa shape index (κ3) is 5.57. The zero-order valence-electron chi connectivity index (χ0n) is 18.3. The van der Waals surface area contributed by atoms with Gasteiger partial charge in [-0.25, -0.2) is 8.42 Å². The maximum atomic E-state index is 12.9. The fourth-order valence-corrected chi connectivity index (χ4v) is 4.26. The quantitative estimate of drug-likeness (QED) is 0.675. The average Bonchev–Trinajstić information content (AvgIpc) is 2.77. The monoisotopic (exact) mass is 461 g/mol. The molecule has 32 heavy (non-hydrogen) atoms. The van der Waals surface area contributed by atoms with Crippen LogP contribution in [0.2, 0.25) is 0 Å². The van der Waals surface area contributed by atoms with Crippen LogP contribution in [-0.2, 0) is 19.6 Å². The number of methoxy groups -OCH3 is 1. The number of carbonyl (C=O) groups is 2. The number of para-hydroxylation sites is 1. The summed E-state index contributed by atoms with van der Waals surface area (Å²) in [5.41, 5.74) is 1.74. The number of sulfonamides is 1. The topological polar surface area (TPSA) is 105 Å². The van der Waals surface area contributed by atoms with Gasteiger partial charge in [0.15, 0.2) is 0 Å². The van der Waals surface area contributed by atoms with Crippen LogP contribution in [0.15, 0.2) is 42.5 Å². The van der Waals surface area contributed by atoms with Gasteiger partial charge in [0.25, 0.3) is 5.91 Å². The van der Waals surface area contributed by atoms with Crippen molar-refractivity contribution < 1.29 is 27.5 Å². The van der Waals surface area contributed by atoms with Gasteiger partial charge in [-0.2, -0.15) is 0 Å². The van der Waals surface area contributed by atoms with Crippen LogP contribution in [0.3, 0.4) is 0 Å². The zero-order chi connectivity index (χ0) is 23.3. The number of amides is 2. The van der Waals surface area contributed by atoms with Gasteiger partial charge in [0.2, 0.25) is 15.9 Å². The van der Waals surface area contributed by atoms with E-state index in [1.165, 1.54) is 7.11 Å². The van der Waals surface area contributed by atoms with E-state index in [2.05, 4.69) is 5.32 Å². The molecule has 1 heterocycles. The van der Waals surface area contributed by atoms with Crippen LogP contribution in [-0.4, -0.2) is 71.3 Å². The maximum absolute atomic E-state index is 12.9. The molecule has 1 aliphatic rings. The molecular formula is C22H27N3O6S. The molecule has 3 rings (SSSR count).